The van der Waals surface area contributed by atoms with Gasteiger partial charge < -0.3 is 5.32 Å². The monoisotopic (exact) mass is 213 g/mol. The lowest BCUT2D eigenvalue weighted by Gasteiger charge is -2.31. The molecule has 2 heterocycles. The van der Waals surface area contributed by atoms with Crippen molar-refractivity contribution in [3.63, 3.8) is 0 Å². The molecule has 1 N–H and O–H groups in total. The van der Waals surface area contributed by atoms with Gasteiger partial charge in [-0.1, -0.05) is 13.8 Å². The summed E-state index contributed by atoms with van der Waals surface area (Å²) in [5.41, 5.74) is 0. The van der Waals surface area contributed by atoms with Crippen molar-refractivity contribution in [3.05, 3.63) is 0 Å². The molecule has 0 spiro atoms. The number of thioether (sulfide) groups is 1. The SMILES string of the molecule is CC1(C)SCCC1CC1CCCNC1. The topological polar surface area (TPSA) is 12.0 Å². The van der Waals surface area contributed by atoms with Crippen LogP contribution in [0.5, 0.6) is 0 Å². The van der Waals surface area contributed by atoms with Gasteiger partial charge in [-0.15, -0.1) is 0 Å². The van der Waals surface area contributed by atoms with Crippen LogP contribution in [0, 0.1) is 11.8 Å². The van der Waals surface area contributed by atoms with E-state index >= 15 is 0 Å². The molecule has 2 aliphatic rings. The van der Waals surface area contributed by atoms with Gasteiger partial charge >= 0.3 is 0 Å². The second-order valence-corrected chi connectivity index (χ2v) is 7.13. The van der Waals surface area contributed by atoms with Crippen molar-refractivity contribution in [2.24, 2.45) is 11.8 Å². The summed E-state index contributed by atoms with van der Waals surface area (Å²) >= 11 is 2.18. The van der Waals surface area contributed by atoms with Crippen LogP contribution in [0.2, 0.25) is 0 Å². The standard InChI is InChI=1S/C12H23NS/c1-12(2)11(5-7-14-12)8-10-4-3-6-13-9-10/h10-11,13H,3-9H2,1-2H3. The van der Waals surface area contributed by atoms with Gasteiger partial charge in [0.2, 0.25) is 0 Å². The molecule has 0 bridgehead atoms. The highest BCUT2D eigenvalue weighted by atomic mass is 32.2. The molecular formula is C12H23NS. The third-order valence-electron chi connectivity index (χ3n) is 3.94. The Kier molecular flexibility index (Phi) is 3.43. The number of piperidine rings is 1. The van der Waals surface area contributed by atoms with E-state index in [0.717, 1.165) is 11.8 Å². The number of rotatable bonds is 2. The van der Waals surface area contributed by atoms with Crippen molar-refractivity contribution in [3.8, 4) is 0 Å². The number of hydrogen-bond donors (Lipinski definition) is 1. The average molecular weight is 213 g/mol. The normalized spacial score (nSPS) is 37.3. The molecule has 0 aromatic carbocycles. The molecule has 2 rings (SSSR count). The summed E-state index contributed by atoms with van der Waals surface area (Å²) < 4.78 is 0.553. The first kappa shape index (κ1) is 10.8. The van der Waals surface area contributed by atoms with Crippen molar-refractivity contribution in [1.29, 1.82) is 0 Å². The fourth-order valence-electron chi connectivity index (χ4n) is 2.86. The van der Waals surface area contributed by atoms with Crippen LogP contribution in [0.25, 0.3) is 0 Å². The van der Waals surface area contributed by atoms with Crippen molar-refractivity contribution in [2.45, 2.75) is 44.3 Å². The predicted octanol–water partition coefficient (Wildman–Crippen LogP) is 2.91. The Hall–Kier alpha value is 0.310. The van der Waals surface area contributed by atoms with Crippen molar-refractivity contribution >= 4 is 11.8 Å². The van der Waals surface area contributed by atoms with Gasteiger partial charge in [-0.3, -0.25) is 0 Å². The fraction of sp³-hybridized carbons (Fsp3) is 1.00. The lowest BCUT2D eigenvalue weighted by Crippen LogP contribution is -2.33. The maximum absolute atomic E-state index is 3.53. The molecule has 14 heavy (non-hydrogen) atoms. The highest BCUT2D eigenvalue weighted by Crippen LogP contribution is 2.45. The molecule has 0 aromatic rings. The maximum atomic E-state index is 3.53. The second kappa shape index (κ2) is 4.44. The lowest BCUT2D eigenvalue weighted by atomic mass is 9.82. The van der Waals surface area contributed by atoms with E-state index in [1.54, 1.807) is 0 Å². The maximum Gasteiger partial charge on any atom is 0.0132 e. The minimum absolute atomic E-state index is 0.553. The molecule has 2 fully saturated rings. The zero-order valence-corrected chi connectivity index (χ0v) is 10.3. The molecule has 0 aromatic heterocycles. The second-order valence-electron chi connectivity index (χ2n) is 5.39. The van der Waals surface area contributed by atoms with Crippen LogP contribution in [-0.4, -0.2) is 23.6 Å². The van der Waals surface area contributed by atoms with E-state index < -0.39 is 0 Å². The zero-order valence-electron chi connectivity index (χ0n) is 9.51. The predicted molar refractivity (Wildman–Crippen MR) is 64.9 cm³/mol. The van der Waals surface area contributed by atoms with Crippen LogP contribution < -0.4 is 5.32 Å². The largest absolute Gasteiger partial charge is 0.316 e. The summed E-state index contributed by atoms with van der Waals surface area (Å²) in [5, 5.41) is 3.53. The van der Waals surface area contributed by atoms with Crippen molar-refractivity contribution < 1.29 is 0 Å². The van der Waals surface area contributed by atoms with Crippen LogP contribution in [0.15, 0.2) is 0 Å². The quantitative estimate of drug-likeness (QED) is 0.757. The highest BCUT2D eigenvalue weighted by molar-refractivity contribution is 8.00. The van der Waals surface area contributed by atoms with E-state index in [4.69, 9.17) is 0 Å². The fourth-order valence-corrected chi connectivity index (χ4v) is 4.24. The van der Waals surface area contributed by atoms with Crippen molar-refractivity contribution in [1.82, 2.24) is 5.32 Å². The molecule has 2 heteroatoms. The molecule has 82 valence electrons. The Balaban J connectivity index is 1.83. The van der Waals surface area contributed by atoms with Gasteiger partial charge in [0.05, 0.1) is 0 Å². The van der Waals surface area contributed by atoms with E-state index in [-0.39, 0.29) is 0 Å². The first-order valence-electron chi connectivity index (χ1n) is 6.03. The van der Waals surface area contributed by atoms with Gasteiger partial charge in [0.15, 0.2) is 0 Å². The molecule has 2 atom stereocenters. The van der Waals surface area contributed by atoms with Crippen LogP contribution in [-0.2, 0) is 0 Å². The minimum Gasteiger partial charge on any atom is -0.316 e. The van der Waals surface area contributed by atoms with Crippen LogP contribution in [0.3, 0.4) is 0 Å². The Morgan fingerprint density at radius 1 is 1.36 bits per heavy atom. The molecule has 0 radical (unpaired) electrons. The highest BCUT2D eigenvalue weighted by Gasteiger charge is 2.36. The number of nitrogens with one attached hydrogen (secondary N) is 1. The summed E-state index contributed by atoms with van der Waals surface area (Å²) in [6, 6.07) is 0. The first-order valence-corrected chi connectivity index (χ1v) is 7.02. The van der Waals surface area contributed by atoms with Crippen LogP contribution in [0.1, 0.15) is 39.5 Å². The van der Waals surface area contributed by atoms with E-state index in [1.807, 2.05) is 0 Å². The van der Waals surface area contributed by atoms with Gasteiger partial charge in [0.25, 0.3) is 0 Å². The summed E-state index contributed by atoms with van der Waals surface area (Å²) in [7, 11) is 0. The van der Waals surface area contributed by atoms with Crippen molar-refractivity contribution in [2.75, 3.05) is 18.8 Å². The number of hydrogen-bond acceptors (Lipinski definition) is 2. The third kappa shape index (κ3) is 2.46. The van der Waals surface area contributed by atoms with Crippen LogP contribution in [0.4, 0.5) is 0 Å². The van der Waals surface area contributed by atoms with Gasteiger partial charge in [0, 0.05) is 4.75 Å². The molecule has 1 nitrogen and oxygen atoms in total. The summed E-state index contributed by atoms with van der Waals surface area (Å²) in [6.07, 6.45) is 5.77. The third-order valence-corrected chi connectivity index (χ3v) is 5.46. The molecule has 0 aliphatic carbocycles. The van der Waals surface area contributed by atoms with E-state index in [2.05, 4.69) is 30.9 Å². The van der Waals surface area contributed by atoms with E-state index in [1.165, 1.54) is 44.5 Å². The van der Waals surface area contributed by atoms with Gasteiger partial charge in [0.1, 0.15) is 0 Å². The average Bonchev–Trinajstić information content (AvgIpc) is 2.48. The zero-order chi connectivity index (χ0) is 10.0. The lowest BCUT2D eigenvalue weighted by molar-refractivity contribution is 0.277. The first-order chi connectivity index (χ1) is 6.68. The Labute approximate surface area is 92.4 Å². The Morgan fingerprint density at radius 2 is 2.21 bits per heavy atom. The molecular weight excluding hydrogens is 190 g/mol. The summed E-state index contributed by atoms with van der Waals surface area (Å²) in [5.74, 6) is 3.32. The minimum atomic E-state index is 0.553. The van der Waals surface area contributed by atoms with Gasteiger partial charge in [-0.25, -0.2) is 0 Å². The summed E-state index contributed by atoms with van der Waals surface area (Å²) in [6.45, 7) is 7.40. The van der Waals surface area contributed by atoms with E-state index in [9.17, 15) is 0 Å². The molecule has 2 aliphatic heterocycles. The Morgan fingerprint density at radius 3 is 2.79 bits per heavy atom. The Bertz CT molecular complexity index is 185. The van der Waals surface area contributed by atoms with Gasteiger partial charge in [-0.05, 0) is 56.4 Å². The smallest absolute Gasteiger partial charge is 0.0132 e. The molecule has 2 saturated heterocycles. The van der Waals surface area contributed by atoms with Crippen LogP contribution >= 0.6 is 11.8 Å². The molecule has 2 unspecified atom stereocenters. The van der Waals surface area contributed by atoms with Gasteiger partial charge in [-0.2, -0.15) is 11.8 Å². The summed E-state index contributed by atoms with van der Waals surface area (Å²) in [4.78, 5) is 0. The van der Waals surface area contributed by atoms with E-state index in [0.29, 0.717) is 4.75 Å². The molecule has 0 amide bonds. The molecule has 0 saturated carbocycles.